The van der Waals surface area contributed by atoms with E-state index in [0.29, 0.717) is 11.5 Å². The molecule has 0 unspecified atom stereocenters. The average molecular weight is 565 g/mol. The van der Waals surface area contributed by atoms with Crippen LogP contribution < -0.4 is 31.4 Å². The third kappa shape index (κ3) is 5.32. The highest BCUT2D eigenvalue weighted by molar-refractivity contribution is 6.31. The van der Waals surface area contributed by atoms with E-state index in [9.17, 15) is 23.6 Å². The van der Waals surface area contributed by atoms with E-state index in [4.69, 9.17) is 21.1 Å². The standard InChI is InChI=1S/C28H22ClFN4O6/c1-2-9-33-27(37)19-6-4-17(26(36)31-13-16-3-8-23-24(10-16)40-15-39-23)11-22(19)34(28(33)38)14-25(35)32-18-5-7-21(30)20(29)12-18/h2-8,10-12H,1,9,13-15H2,(H,31,36)(H,32,35). The van der Waals surface area contributed by atoms with Gasteiger partial charge in [-0.25, -0.2) is 9.18 Å². The number of anilines is 1. The van der Waals surface area contributed by atoms with Gasteiger partial charge in [0.1, 0.15) is 12.4 Å². The van der Waals surface area contributed by atoms with E-state index >= 15 is 0 Å². The zero-order chi connectivity index (χ0) is 28.4. The summed E-state index contributed by atoms with van der Waals surface area (Å²) in [6.07, 6.45) is 1.39. The van der Waals surface area contributed by atoms with Crippen molar-refractivity contribution in [2.45, 2.75) is 19.6 Å². The highest BCUT2D eigenvalue weighted by atomic mass is 35.5. The number of carbonyl (C=O) groups excluding carboxylic acids is 2. The van der Waals surface area contributed by atoms with Gasteiger partial charge >= 0.3 is 5.69 Å². The highest BCUT2D eigenvalue weighted by Gasteiger charge is 2.18. The SMILES string of the molecule is C=CCn1c(=O)c2ccc(C(=O)NCc3ccc4c(c3)OCO4)cc2n(CC(=O)Nc2ccc(F)c(Cl)c2)c1=O. The number of nitrogens with zero attached hydrogens (tertiary/aromatic N) is 2. The van der Waals surface area contributed by atoms with Crippen molar-refractivity contribution in [3.63, 3.8) is 0 Å². The van der Waals surface area contributed by atoms with Crippen molar-refractivity contribution in [3.05, 3.63) is 110 Å². The monoisotopic (exact) mass is 564 g/mol. The molecular formula is C28H22ClFN4O6. The molecule has 4 aromatic rings. The van der Waals surface area contributed by atoms with Gasteiger partial charge in [-0.2, -0.15) is 0 Å². The van der Waals surface area contributed by atoms with Crippen molar-refractivity contribution >= 4 is 40.0 Å². The van der Waals surface area contributed by atoms with Crippen LogP contribution in [0.3, 0.4) is 0 Å². The van der Waals surface area contributed by atoms with Gasteiger partial charge in [-0.3, -0.25) is 23.5 Å². The molecule has 2 heterocycles. The first-order valence-corrected chi connectivity index (χ1v) is 12.4. The summed E-state index contributed by atoms with van der Waals surface area (Å²) in [6.45, 7) is 3.32. The first-order chi connectivity index (χ1) is 19.2. The topological polar surface area (TPSA) is 121 Å². The molecule has 0 fully saturated rings. The van der Waals surface area contributed by atoms with Gasteiger partial charge in [0, 0.05) is 24.3 Å². The summed E-state index contributed by atoms with van der Waals surface area (Å²) in [4.78, 5) is 52.2. The van der Waals surface area contributed by atoms with Crippen molar-refractivity contribution in [1.82, 2.24) is 14.5 Å². The lowest BCUT2D eigenvalue weighted by Crippen LogP contribution is -2.41. The Bertz CT molecular complexity index is 1800. The fourth-order valence-corrected chi connectivity index (χ4v) is 4.43. The number of nitrogens with one attached hydrogen (secondary N) is 2. The van der Waals surface area contributed by atoms with Crippen LogP contribution in [0.5, 0.6) is 11.5 Å². The van der Waals surface area contributed by atoms with Crippen molar-refractivity contribution in [1.29, 1.82) is 0 Å². The summed E-state index contributed by atoms with van der Waals surface area (Å²) in [7, 11) is 0. The number of ether oxygens (including phenoxy) is 2. The summed E-state index contributed by atoms with van der Waals surface area (Å²) in [5.74, 6) is -0.538. The number of allylic oxidation sites excluding steroid dienone is 1. The number of amides is 2. The molecule has 12 heteroatoms. The van der Waals surface area contributed by atoms with Gasteiger partial charge in [0.05, 0.1) is 15.9 Å². The summed E-state index contributed by atoms with van der Waals surface area (Å²) in [5.41, 5.74) is -0.0833. The Hall–Kier alpha value is -4.90. The molecule has 0 atom stereocenters. The summed E-state index contributed by atoms with van der Waals surface area (Å²) < 4.78 is 26.2. The second kappa shape index (κ2) is 11.1. The number of hydrogen-bond acceptors (Lipinski definition) is 6. The Kier molecular flexibility index (Phi) is 7.39. The van der Waals surface area contributed by atoms with Crippen molar-refractivity contribution < 1.29 is 23.5 Å². The van der Waals surface area contributed by atoms with E-state index < -0.39 is 35.4 Å². The van der Waals surface area contributed by atoms with Crippen LogP contribution in [0.1, 0.15) is 15.9 Å². The Morgan fingerprint density at radius 1 is 1.02 bits per heavy atom. The number of rotatable bonds is 8. The molecule has 0 saturated carbocycles. The second-order valence-electron chi connectivity index (χ2n) is 8.85. The molecule has 40 heavy (non-hydrogen) atoms. The maximum absolute atomic E-state index is 13.5. The molecule has 0 radical (unpaired) electrons. The molecule has 10 nitrogen and oxygen atoms in total. The minimum absolute atomic E-state index is 0.0828. The van der Waals surface area contributed by atoms with Crippen LogP contribution >= 0.6 is 11.6 Å². The molecule has 1 aromatic heterocycles. The summed E-state index contributed by atoms with van der Waals surface area (Å²) in [5, 5.41) is 5.29. The molecule has 5 rings (SSSR count). The largest absolute Gasteiger partial charge is 0.454 e. The molecule has 3 aromatic carbocycles. The van der Waals surface area contributed by atoms with E-state index in [1.807, 2.05) is 0 Å². The average Bonchev–Trinajstić information content (AvgIpc) is 3.42. The zero-order valence-corrected chi connectivity index (χ0v) is 21.7. The second-order valence-corrected chi connectivity index (χ2v) is 9.26. The Labute approximate surface area is 231 Å². The molecule has 0 spiro atoms. The quantitative estimate of drug-likeness (QED) is 0.316. The Morgan fingerprint density at radius 2 is 1.82 bits per heavy atom. The van der Waals surface area contributed by atoms with Gasteiger partial charge < -0.3 is 20.1 Å². The third-order valence-electron chi connectivity index (χ3n) is 6.19. The van der Waals surface area contributed by atoms with Crippen LogP contribution in [0.2, 0.25) is 5.02 Å². The molecule has 0 bridgehead atoms. The number of halogens is 2. The number of benzene rings is 3. The minimum atomic E-state index is -0.761. The summed E-state index contributed by atoms with van der Waals surface area (Å²) in [6, 6.07) is 13.2. The van der Waals surface area contributed by atoms with Crippen LogP contribution in [0.4, 0.5) is 10.1 Å². The van der Waals surface area contributed by atoms with Gasteiger partial charge in [0.2, 0.25) is 12.7 Å². The maximum Gasteiger partial charge on any atom is 0.332 e. The van der Waals surface area contributed by atoms with E-state index in [-0.39, 0.29) is 47.1 Å². The molecule has 1 aliphatic heterocycles. The fourth-order valence-electron chi connectivity index (χ4n) is 4.25. The van der Waals surface area contributed by atoms with E-state index in [2.05, 4.69) is 17.2 Å². The number of hydrogen-bond donors (Lipinski definition) is 2. The van der Waals surface area contributed by atoms with Crippen molar-refractivity contribution in [2.75, 3.05) is 12.1 Å². The predicted octanol–water partition coefficient (Wildman–Crippen LogP) is 3.44. The van der Waals surface area contributed by atoms with Gasteiger partial charge in [-0.1, -0.05) is 23.7 Å². The lowest BCUT2D eigenvalue weighted by molar-refractivity contribution is -0.116. The van der Waals surface area contributed by atoms with Crippen molar-refractivity contribution in [2.24, 2.45) is 0 Å². The number of carbonyl (C=O) groups is 2. The predicted molar refractivity (Wildman–Crippen MR) is 146 cm³/mol. The van der Waals surface area contributed by atoms with Crippen molar-refractivity contribution in [3.8, 4) is 11.5 Å². The van der Waals surface area contributed by atoms with Crippen LogP contribution in [-0.2, 0) is 24.4 Å². The fraction of sp³-hybridized carbons (Fsp3) is 0.143. The van der Waals surface area contributed by atoms with Gasteiger partial charge in [-0.05, 0) is 54.1 Å². The van der Waals surface area contributed by atoms with Crippen LogP contribution in [-0.4, -0.2) is 27.7 Å². The van der Waals surface area contributed by atoms with Gasteiger partial charge in [-0.15, -0.1) is 6.58 Å². The van der Waals surface area contributed by atoms with Gasteiger partial charge in [0.25, 0.3) is 11.5 Å². The molecule has 2 amide bonds. The third-order valence-corrected chi connectivity index (χ3v) is 6.48. The Morgan fingerprint density at radius 3 is 2.60 bits per heavy atom. The molecule has 1 aliphatic rings. The zero-order valence-electron chi connectivity index (χ0n) is 20.9. The molecule has 204 valence electrons. The molecule has 0 aliphatic carbocycles. The van der Waals surface area contributed by atoms with E-state index in [1.165, 1.54) is 36.4 Å². The maximum atomic E-state index is 13.5. The molecule has 0 saturated heterocycles. The molecular weight excluding hydrogens is 543 g/mol. The smallest absolute Gasteiger partial charge is 0.332 e. The lowest BCUT2D eigenvalue weighted by Gasteiger charge is -2.15. The first kappa shape index (κ1) is 26.7. The van der Waals surface area contributed by atoms with Crippen LogP contribution in [0, 0.1) is 5.82 Å². The van der Waals surface area contributed by atoms with Gasteiger partial charge in [0.15, 0.2) is 11.5 Å². The Balaban J connectivity index is 1.45. The minimum Gasteiger partial charge on any atom is -0.454 e. The summed E-state index contributed by atoms with van der Waals surface area (Å²) >= 11 is 5.79. The molecule has 2 N–H and O–H groups in total. The first-order valence-electron chi connectivity index (χ1n) is 12.0. The van der Waals surface area contributed by atoms with Crippen LogP contribution in [0.25, 0.3) is 10.9 Å². The van der Waals surface area contributed by atoms with Crippen LogP contribution in [0.15, 0.2) is 76.8 Å². The number of aromatic nitrogens is 2. The highest BCUT2D eigenvalue weighted by Crippen LogP contribution is 2.32. The normalized spacial score (nSPS) is 11.8. The van der Waals surface area contributed by atoms with E-state index in [0.717, 1.165) is 20.8 Å². The number of fused-ring (bicyclic) bond motifs is 2. The van der Waals surface area contributed by atoms with E-state index in [1.54, 1.807) is 18.2 Å². The lowest BCUT2D eigenvalue weighted by atomic mass is 10.1.